The Morgan fingerprint density at radius 1 is 0.875 bits per heavy atom. The Labute approximate surface area is 186 Å². The summed E-state index contributed by atoms with van der Waals surface area (Å²) >= 11 is 0. The van der Waals surface area contributed by atoms with Gasteiger partial charge in [0.1, 0.15) is 12.4 Å². The average Bonchev–Trinajstić information content (AvgIpc) is 2.79. The summed E-state index contributed by atoms with van der Waals surface area (Å²) in [6, 6.07) is 27.5. The Morgan fingerprint density at radius 2 is 1.41 bits per heavy atom. The second-order valence-electron chi connectivity index (χ2n) is 7.62. The summed E-state index contributed by atoms with van der Waals surface area (Å²) < 4.78 is 42.8. The van der Waals surface area contributed by atoms with Gasteiger partial charge < -0.3 is 4.74 Å². The highest BCUT2D eigenvalue weighted by Gasteiger charge is 2.37. The molecule has 3 aromatic carbocycles. The number of carbonyl (C=O) groups excluding carboxylic acids is 1. The van der Waals surface area contributed by atoms with E-state index < -0.39 is 18.4 Å². The lowest BCUT2D eigenvalue weighted by atomic mass is 9.97. The number of benzene rings is 3. The van der Waals surface area contributed by atoms with Gasteiger partial charge in [-0.25, -0.2) is 0 Å². The maximum Gasteiger partial charge on any atom is 0.449 e. The van der Waals surface area contributed by atoms with Crippen molar-refractivity contribution in [3.05, 3.63) is 102 Å². The summed E-state index contributed by atoms with van der Waals surface area (Å²) in [5.74, 6) is -1.06. The number of halogens is 3. The van der Waals surface area contributed by atoms with Crippen LogP contribution in [0.2, 0.25) is 0 Å². The number of alkyl halides is 3. The zero-order valence-electron chi connectivity index (χ0n) is 17.9. The van der Waals surface area contributed by atoms with Crippen LogP contribution in [0.4, 0.5) is 13.2 Å². The number of Topliss-reactive ketones (excluding diaryl/α,β-unsaturated/α-hetero) is 1. The monoisotopic (exact) mass is 441 g/mol. The first-order chi connectivity index (χ1) is 15.3. The van der Waals surface area contributed by atoms with Crippen LogP contribution < -0.4 is 4.74 Å². The lowest BCUT2D eigenvalue weighted by molar-refractivity contribution is -0.171. The van der Waals surface area contributed by atoms with Crippen LogP contribution in [0.15, 0.2) is 84.9 Å². The summed E-state index contributed by atoms with van der Waals surface area (Å²) in [6.07, 6.45) is -5.27. The van der Waals surface area contributed by atoms with Gasteiger partial charge in [-0.15, -0.1) is 0 Å². The molecule has 0 bridgehead atoms. The lowest BCUT2D eigenvalue weighted by Crippen LogP contribution is -2.29. The highest BCUT2D eigenvalue weighted by molar-refractivity contribution is 5.84. The van der Waals surface area contributed by atoms with Crippen LogP contribution in [-0.4, -0.2) is 37.1 Å². The van der Waals surface area contributed by atoms with Gasteiger partial charge in [0.05, 0.1) is 6.04 Å². The van der Waals surface area contributed by atoms with Gasteiger partial charge in [0.15, 0.2) is 0 Å². The Bertz CT molecular complexity index is 934. The van der Waals surface area contributed by atoms with Crippen LogP contribution in [0.5, 0.6) is 5.75 Å². The number of aryl methyl sites for hydroxylation is 1. The Morgan fingerprint density at radius 3 is 1.91 bits per heavy atom. The summed E-state index contributed by atoms with van der Waals surface area (Å²) in [5, 5.41) is 0. The largest absolute Gasteiger partial charge is 0.492 e. The molecule has 168 valence electrons. The number of hydrogen-bond donors (Lipinski definition) is 0. The lowest BCUT2D eigenvalue weighted by Gasteiger charge is -2.29. The van der Waals surface area contributed by atoms with E-state index in [-0.39, 0.29) is 12.5 Å². The van der Waals surface area contributed by atoms with Crippen molar-refractivity contribution in [1.82, 2.24) is 4.90 Å². The molecule has 0 aliphatic heterocycles. The predicted molar refractivity (Wildman–Crippen MR) is 119 cm³/mol. The first kappa shape index (κ1) is 23.5. The van der Waals surface area contributed by atoms with E-state index in [1.165, 1.54) is 11.1 Å². The van der Waals surface area contributed by atoms with E-state index in [0.29, 0.717) is 24.5 Å². The van der Waals surface area contributed by atoms with E-state index in [0.717, 1.165) is 0 Å². The zero-order valence-corrected chi connectivity index (χ0v) is 17.9. The van der Waals surface area contributed by atoms with Crippen molar-refractivity contribution in [2.75, 3.05) is 20.2 Å². The van der Waals surface area contributed by atoms with Crippen molar-refractivity contribution in [1.29, 1.82) is 0 Å². The second-order valence-corrected chi connectivity index (χ2v) is 7.62. The maximum absolute atomic E-state index is 12.3. The van der Waals surface area contributed by atoms with Crippen LogP contribution in [-0.2, 0) is 11.2 Å². The van der Waals surface area contributed by atoms with Crippen molar-refractivity contribution in [3.63, 3.8) is 0 Å². The maximum atomic E-state index is 12.3. The number of ketones is 1. The highest BCUT2D eigenvalue weighted by atomic mass is 19.4. The van der Waals surface area contributed by atoms with Gasteiger partial charge >= 0.3 is 6.18 Å². The van der Waals surface area contributed by atoms with E-state index >= 15 is 0 Å². The molecule has 3 rings (SSSR count). The van der Waals surface area contributed by atoms with Crippen molar-refractivity contribution < 1.29 is 22.7 Å². The first-order valence-corrected chi connectivity index (χ1v) is 10.5. The van der Waals surface area contributed by atoms with E-state index in [1.54, 1.807) is 24.3 Å². The van der Waals surface area contributed by atoms with Crippen LogP contribution in [0, 0.1) is 0 Å². The molecule has 0 atom stereocenters. The fraction of sp³-hybridized carbons (Fsp3) is 0.269. The SMILES string of the molecule is CN(CCOc1ccc(CCC(=O)C(F)(F)F)cc1)C(c1ccccc1)c1ccccc1. The fourth-order valence-corrected chi connectivity index (χ4v) is 3.56. The second kappa shape index (κ2) is 11.0. The van der Waals surface area contributed by atoms with E-state index in [9.17, 15) is 18.0 Å². The molecule has 32 heavy (non-hydrogen) atoms. The zero-order chi connectivity index (χ0) is 23.0. The van der Waals surface area contributed by atoms with Crippen LogP contribution >= 0.6 is 0 Å². The minimum atomic E-state index is -4.77. The van der Waals surface area contributed by atoms with Gasteiger partial charge in [-0.05, 0) is 42.3 Å². The van der Waals surface area contributed by atoms with Crippen molar-refractivity contribution >= 4 is 5.78 Å². The van der Waals surface area contributed by atoms with E-state index in [2.05, 4.69) is 36.2 Å². The molecular weight excluding hydrogens is 415 g/mol. The van der Waals surface area contributed by atoms with Crippen molar-refractivity contribution in [2.24, 2.45) is 0 Å². The van der Waals surface area contributed by atoms with Crippen LogP contribution in [0.3, 0.4) is 0 Å². The molecular formula is C26H26F3NO2. The molecule has 0 aliphatic rings. The Hall–Kier alpha value is -3.12. The minimum Gasteiger partial charge on any atom is -0.492 e. The quantitative estimate of drug-likeness (QED) is 0.395. The van der Waals surface area contributed by atoms with Crippen LogP contribution in [0.1, 0.15) is 29.2 Å². The fourth-order valence-electron chi connectivity index (χ4n) is 3.56. The third-order valence-corrected chi connectivity index (χ3v) is 5.26. The molecule has 0 saturated heterocycles. The summed E-state index contributed by atoms with van der Waals surface area (Å²) in [5.41, 5.74) is 3.05. The minimum absolute atomic E-state index is 0.0528. The number of ether oxygens (including phenoxy) is 1. The standard InChI is InChI=1S/C26H26F3NO2/c1-30(25(21-8-4-2-5-9-21)22-10-6-3-7-11-22)18-19-32-23-15-12-20(13-16-23)14-17-24(31)26(27,28)29/h2-13,15-16,25H,14,17-19H2,1H3. The van der Waals surface area contributed by atoms with E-state index in [1.807, 2.05) is 36.4 Å². The Balaban J connectivity index is 1.55. The van der Waals surface area contributed by atoms with Gasteiger partial charge in [0.25, 0.3) is 0 Å². The molecule has 0 amide bonds. The van der Waals surface area contributed by atoms with Crippen molar-refractivity contribution in [3.8, 4) is 5.75 Å². The normalized spacial score (nSPS) is 11.7. The van der Waals surface area contributed by atoms with E-state index in [4.69, 9.17) is 4.74 Å². The number of nitrogens with zero attached hydrogens (tertiary/aromatic N) is 1. The molecule has 0 radical (unpaired) electrons. The van der Waals surface area contributed by atoms with Crippen molar-refractivity contribution in [2.45, 2.75) is 25.1 Å². The number of carbonyl (C=O) groups is 1. The third kappa shape index (κ3) is 6.69. The summed E-state index contributed by atoms with van der Waals surface area (Å²) in [7, 11) is 2.05. The van der Waals surface area contributed by atoms with Gasteiger partial charge in [-0.2, -0.15) is 13.2 Å². The predicted octanol–water partition coefficient (Wildman–Crippen LogP) is 5.85. The molecule has 0 heterocycles. The molecule has 6 heteroatoms. The highest BCUT2D eigenvalue weighted by Crippen LogP contribution is 2.27. The molecule has 0 fully saturated rings. The third-order valence-electron chi connectivity index (χ3n) is 5.26. The average molecular weight is 441 g/mol. The molecule has 0 aromatic heterocycles. The molecule has 0 aliphatic carbocycles. The molecule has 0 N–H and O–H groups in total. The number of hydrogen-bond acceptors (Lipinski definition) is 3. The van der Waals surface area contributed by atoms with Crippen LogP contribution in [0.25, 0.3) is 0 Å². The first-order valence-electron chi connectivity index (χ1n) is 10.5. The smallest absolute Gasteiger partial charge is 0.449 e. The van der Waals surface area contributed by atoms with Gasteiger partial charge in [0.2, 0.25) is 5.78 Å². The van der Waals surface area contributed by atoms with Gasteiger partial charge in [0, 0.05) is 13.0 Å². The summed E-state index contributed by atoms with van der Waals surface area (Å²) in [6.45, 7) is 1.13. The van der Waals surface area contributed by atoms with Gasteiger partial charge in [-0.3, -0.25) is 9.69 Å². The topological polar surface area (TPSA) is 29.5 Å². The molecule has 0 saturated carbocycles. The summed E-state index contributed by atoms with van der Waals surface area (Å²) in [4.78, 5) is 13.2. The molecule has 3 aromatic rings. The number of likely N-dealkylation sites (N-methyl/N-ethyl adjacent to an activating group) is 1. The molecule has 0 spiro atoms. The molecule has 0 unspecified atom stereocenters. The number of rotatable bonds is 10. The van der Waals surface area contributed by atoms with Gasteiger partial charge in [-0.1, -0.05) is 72.8 Å². The molecule has 3 nitrogen and oxygen atoms in total. The Kier molecular flexibility index (Phi) is 8.06.